The molecule has 1 aliphatic heterocycles. The van der Waals surface area contributed by atoms with E-state index in [0.717, 1.165) is 32.9 Å². The van der Waals surface area contributed by atoms with E-state index in [1.807, 2.05) is 36.1 Å². The molecule has 33 heavy (non-hydrogen) atoms. The Labute approximate surface area is 201 Å². The Morgan fingerprint density at radius 1 is 1.30 bits per heavy atom. The lowest BCUT2D eigenvalue weighted by molar-refractivity contribution is -0.129. The molecular formula is C23H27ClN6O2S. The number of anilines is 1. The summed E-state index contributed by atoms with van der Waals surface area (Å²) in [6.07, 6.45) is 1.33. The van der Waals surface area contributed by atoms with Gasteiger partial charge >= 0.3 is 0 Å². The molecule has 2 aromatic heterocycles. The Hall–Kier alpha value is -2.75. The number of nitrogen functional groups attached to an aromatic ring is 1. The predicted octanol–water partition coefficient (Wildman–Crippen LogP) is 2.66. The average molecular weight is 487 g/mol. The SMILES string of the molecule is Cc1nc(N)ccc1CNC(=O)[C@H](C)N1CC(Cc2nc3cc(Cl)ccc3s2)CC1C(N)=O. The number of aromatic nitrogens is 2. The molecule has 1 saturated heterocycles. The van der Waals surface area contributed by atoms with Crippen molar-refractivity contribution >= 4 is 50.8 Å². The van der Waals surface area contributed by atoms with Crippen molar-refractivity contribution in [1.82, 2.24) is 20.2 Å². The van der Waals surface area contributed by atoms with E-state index >= 15 is 0 Å². The van der Waals surface area contributed by atoms with Gasteiger partial charge in [0.1, 0.15) is 5.82 Å². The first-order valence-corrected chi connectivity index (χ1v) is 12.0. The summed E-state index contributed by atoms with van der Waals surface area (Å²) >= 11 is 7.70. The fourth-order valence-electron chi connectivity index (χ4n) is 4.37. The molecule has 2 unspecified atom stereocenters. The number of halogens is 1. The van der Waals surface area contributed by atoms with Crippen LogP contribution in [0.4, 0.5) is 5.82 Å². The lowest BCUT2D eigenvalue weighted by Crippen LogP contribution is -2.51. The zero-order chi connectivity index (χ0) is 23.7. The van der Waals surface area contributed by atoms with Gasteiger partial charge in [-0.25, -0.2) is 9.97 Å². The van der Waals surface area contributed by atoms with Gasteiger partial charge in [0, 0.05) is 30.2 Å². The van der Waals surface area contributed by atoms with Gasteiger partial charge in [0.15, 0.2) is 0 Å². The Morgan fingerprint density at radius 3 is 2.82 bits per heavy atom. The third-order valence-electron chi connectivity index (χ3n) is 6.16. The molecule has 10 heteroatoms. The lowest BCUT2D eigenvalue weighted by atomic mass is 10.0. The highest BCUT2D eigenvalue weighted by atomic mass is 35.5. The molecule has 4 rings (SSSR count). The molecule has 1 aliphatic rings. The predicted molar refractivity (Wildman–Crippen MR) is 131 cm³/mol. The Kier molecular flexibility index (Phi) is 6.83. The minimum absolute atomic E-state index is 0.159. The van der Waals surface area contributed by atoms with Crippen molar-refractivity contribution < 1.29 is 9.59 Å². The fraction of sp³-hybridized carbons (Fsp3) is 0.391. The van der Waals surface area contributed by atoms with Crippen LogP contribution in [-0.4, -0.2) is 45.3 Å². The Bertz CT molecular complexity index is 1200. The molecule has 0 spiro atoms. The van der Waals surface area contributed by atoms with Gasteiger partial charge in [0.05, 0.1) is 27.3 Å². The zero-order valence-electron chi connectivity index (χ0n) is 18.5. The number of nitrogens with one attached hydrogen (secondary N) is 1. The highest BCUT2D eigenvalue weighted by molar-refractivity contribution is 7.18. The maximum atomic E-state index is 12.9. The highest BCUT2D eigenvalue weighted by Crippen LogP contribution is 2.32. The fourth-order valence-corrected chi connectivity index (χ4v) is 5.59. The summed E-state index contributed by atoms with van der Waals surface area (Å²) < 4.78 is 1.08. The lowest BCUT2D eigenvalue weighted by Gasteiger charge is -2.28. The van der Waals surface area contributed by atoms with Crippen molar-refractivity contribution in [2.24, 2.45) is 11.7 Å². The first kappa shape index (κ1) is 23.4. The van der Waals surface area contributed by atoms with E-state index in [2.05, 4.69) is 10.3 Å². The van der Waals surface area contributed by atoms with Crippen molar-refractivity contribution in [3.63, 3.8) is 0 Å². The van der Waals surface area contributed by atoms with E-state index in [4.69, 9.17) is 28.1 Å². The van der Waals surface area contributed by atoms with E-state index in [-0.39, 0.29) is 11.8 Å². The summed E-state index contributed by atoms with van der Waals surface area (Å²) in [6.45, 7) is 4.60. The van der Waals surface area contributed by atoms with Crippen LogP contribution in [0.3, 0.4) is 0 Å². The third-order valence-corrected chi connectivity index (χ3v) is 7.45. The van der Waals surface area contributed by atoms with E-state index < -0.39 is 18.0 Å². The molecule has 3 heterocycles. The average Bonchev–Trinajstić information content (AvgIpc) is 3.36. The number of rotatable bonds is 7. The van der Waals surface area contributed by atoms with Crippen molar-refractivity contribution in [3.8, 4) is 0 Å². The number of primary amides is 1. The zero-order valence-corrected chi connectivity index (χ0v) is 20.1. The van der Waals surface area contributed by atoms with Crippen LogP contribution in [0, 0.1) is 12.8 Å². The van der Waals surface area contributed by atoms with Crippen LogP contribution in [-0.2, 0) is 22.6 Å². The summed E-state index contributed by atoms with van der Waals surface area (Å²) in [5.74, 6) is 0.0523. The number of aryl methyl sites for hydroxylation is 1. The number of hydrogen-bond donors (Lipinski definition) is 3. The molecule has 174 valence electrons. The van der Waals surface area contributed by atoms with Crippen LogP contribution in [0.25, 0.3) is 10.2 Å². The van der Waals surface area contributed by atoms with Gasteiger partial charge in [-0.1, -0.05) is 17.7 Å². The normalized spacial score (nSPS) is 19.6. The smallest absolute Gasteiger partial charge is 0.237 e. The van der Waals surface area contributed by atoms with Crippen molar-refractivity contribution in [2.45, 2.75) is 45.3 Å². The molecule has 3 atom stereocenters. The maximum Gasteiger partial charge on any atom is 0.237 e. The summed E-state index contributed by atoms with van der Waals surface area (Å²) in [7, 11) is 0. The molecule has 0 aliphatic carbocycles. The summed E-state index contributed by atoms with van der Waals surface area (Å²) in [5, 5.41) is 4.60. The van der Waals surface area contributed by atoms with Gasteiger partial charge in [0.2, 0.25) is 11.8 Å². The van der Waals surface area contributed by atoms with Crippen LogP contribution >= 0.6 is 22.9 Å². The molecule has 2 amide bonds. The standard InChI is InChI=1S/C23H27ClN6O2S/c1-12-15(3-6-20(25)28-12)10-27-23(32)13(2)30-11-14(7-18(30)22(26)31)8-21-29-17-9-16(24)4-5-19(17)33-21/h3-6,9,13-14,18H,7-8,10-11H2,1-2H3,(H2,25,28)(H2,26,31)(H,27,32)/t13-,14?,18?/m0/s1. The number of thiazole rings is 1. The topological polar surface area (TPSA) is 127 Å². The van der Waals surface area contributed by atoms with Crippen molar-refractivity contribution in [2.75, 3.05) is 12.3 Å². The number of nitrogens with two attached hydrogens (primary N) is 2. The molecule has 0 bridgehead atoms. The molecule has 0 radical (unpaired) electrons. The van der Waals surface area contributed by atoms with Gasteiger partial charge in [-0.05, 0) is 56.0 Å². The van der Waals surface area contributed by atoms with Gasteiger partial charge in [-0.3, -0.25) is 14.5 Å². The quantitative estimate of drug-likeness (QED) is 0.471. The van der Waals surface area contributed by atoms with Crippen LogP contribution < -0.4 is 16.8 Å². The van der Waals surface area contributed by atoms with E-state index in [9.17, 15) is 9.59 Å². The second kappa shape index (κ2) is 9.62. The second-order valence-electron chi connectivity index (χ2n) is 8.51. The summed E-state index contributed by atoms with van der Waals surface area (Å²) in [5.41, 5.74) is 13.9. The number of benzene rings is 1. The van der Waals surface area contributed by atoms with Crippen LogP contribution in [0.15, 0.2) is 30.3 Å². The third kappa shape index (κ3) is 5.26. The van der Waals surface area contributed by atoms with E-state index in [1.165, 1.54) is 0 Å². The van der Waals surface area contributed by atoms with Gasteiger partial charge in [-0.15, -0.1) is 11.3 Å². The number of hydrogen-bond acceptors (Lipinski definition) is 7. The molecular weight excluding hydrogens is 460 g/mol. The van der Waals surface area contributed by atoms with Gasteiger partial charge in [-0.2, -0.15) is 0 Å². The first-order chi connectivity index (χ1) is 15.7. The largest absolute Gasteiger partial charge is 0.384 e. The van der Waals surface area contributed by atoms with Crippen molar-refractivity contribution in [1.29, 1.82) is 0 Å². The number of carbonyl (C=O) groups excluding carboxylic acids is 2. The molecule has 3 aromatic rings. The number of pyridine rings is 1. The van der Waals surface area contributed by atoms with Crippen LogP contribution in [0.2, 0.25) is 5.02 Å². The van der Waals surface area contributed by atoms with Gasteiger partial charge in [0.25, 0.3) is 0 Å². The number of nitrogens with zero attached hydrogens (tertiary/aromatic N) is 3. The van der Waals surface area contributed by atoms with Crippen LogP contribution in [0.5, 0.6) is 0 Å². The molecule has 1 fully saturated rings. The number of fused-ring (bicyclic) bond motifs is 1. The Morgan fingerprint density at radius 2 is 2.09 bits per heavy atom. The maximum absolute atomic E-state index is 12.9. The minimum Gasteiger partial charge on any atom is -0.384 e. The Balaban J connectivity index is 1.41. The minimum atomic E-state index is -0.497. The summed E-state index contributed by atoms with van der Waals surface area (Å²) in [6, 6.07) is 8.26. The monoisotopic (exact) mass is 486 g/mol. The number of carbonyl (C=O) groups is 2. The summed E-state index contributed by atoms with van der Waals surface area (Å²) in [4.78, 5) is 35.9. The molecule has 1 aromatic carbocycles. The highest BCUT2D eigenvalue weighted by Gasteiger charge is 2.40. The first-order valence-electron chi connectivity index (χ1n) is 10.8. The van der Waals surface area contributed by atoms with E-state index in [0.29, 0.717) is 30.4 Å². The van der Waals surface area contributed by atoms with Gasteiger partial charge < -0.3 is 16.8 Å². The molecule has 0 saturated carbocycles. The van der Waals surface area contributed by atoms with E-state index in [1.54, 1.807) is 24.3 Å². The molecule has 8 nitrogen and oxygen atoms in total. The number of likely N-dealkylation sites (tertiary alicyclic amines) is 1. The second-order valence-corrected chi connectivity index (χ2v) is 10.1. The van der Waals surface area contributed by atoms with Crippen LogP contribution in [0.1, 0.15) is 29.6 Å². The molecule has 5 N–H and O–H groups in total. The van der Waals surface area contributed by atoms with Crippen molar-refractivity contribution in [3.05, 3.63) is 51.6 Å². The number of amides is 2.